The molecule has 3 aliphatic rings. The number of ether oxygens (including phenoxy) is 3. The van der Waals surface area contributed by atoms with E-state index in [1.165, 1.54) is 16.7 Å². The summed E-state index contributed by atoms with van der Waals surface area (Å²) in [5.41, 5.74) is 3.79. The average Bonchev–Trinajstić information content (AvgIpc) is 3.24. The molecular formula is C23H28N2O8. The van der Waals surface area contributed by atoms with Gasteiger partial charge in [-0.2, -0.15) is 0 Å². The van der Waals surface area contributed by atoms with Gasteiger partial charge in [0.15, 0.2) is 11.5 Å². The molecule has 4 rings (SSSR count). The van der Waals surface area contributed by atoms with Gasteiger partial charge in [-0.3, -0.25) is 4.90 Å². The van der Waals surface area contributed by atoms with Crippen molar-refractivity contribution in [2.75, 3.05) is 40.1 Å². The molecule has 10 heteroatoms. The minimum absolute atomic E-state index is 0.215. The molecule has 2 aliphatic heterocycles. The normalized spacial score (nSPS) is 16.7. The van der Waals surface area contributed by atoms with E-state index in [-0.39, 0.29) is 12.1 Å². The van der Waals surface area contributed by atoms with Crippen molar-refractivity contribution in [1.82, 2.24) is 9.80 Å². The Labute approximate surface area is 191 Å². The third-order valence-corrected chi connectivity index (χ3v) is 5.67. The van der Waals surface area contributed by atoms with Gasteiger partial charge in [-0.05, 0) is 43.0 Å². The second-order valence-corrected chi connectivity index (χ2v) is 7.76. The first-order valence-electron chi connectivity index (χ1n) is 10.7. The van der Waals surface area contributed by atoms with Gasteiger partial charge in [0.05, 0.1) is 6.61 Å². The number of carbonyl (C=O) groups excluding carboxylic acids is 1. The van der Waals surface area contributed by atoms with E-state index < -0.39 is 11.9 Å². The number of hydrogen-bond acceptors (Lipinski definition) is 7. The van der Waals surface area contributed by atoms with Crippen LogP contribution in [-0.2, 0) is 14.3 Å². The van der Waals surface area contributed by atoms with Crippen LogP contribution >= 0.6 is 0 Å². The maximum Gasteiger partial charge on any atom is 0.409 e. The van der Waals surface area contributed by atoms with Crippen molar-refractivity contribution in [3.05, 3.63) is 35.4 Å². The maximum absolute atomic E-state index is 11.8. The van der Waals surface area contributed by atoms with Crippen molar-refractivity contribution in [1.29, 1.82) is 0 Å². The zero-order chi connectivity index (χ0) is 24.0. The molecule has 10 nitrogen and oxygen atoms in total. The number of carboxylic acid groups (broad SMARTS) is 2. The molecule has 0 bridgehead atoms. The van der Waals surface area contributed by atoms with Crippen LogP contribution in [0.25, 0.3) is 11.6 Å². The number of piperidine rings is 1. The van der Waals surface area contributed by atoms with Crippen LogP contribution in [0.1, 0.15) is 30.9 Å². The van der Waals surface area contributed by atoms with E-state index >= 15 is 0 Å². The lowest BCUT2D eigenvalue weighted by molar-refractivity contribution is -0.134. The lowest BCUT2D eigenvalue weighted by Gasteiger charge is -2.37. The van der Waals surface area contributed by atoms with Crippen LogP contribution in [0.5, 0.6) is 11.5 Å². The molecule has 0 radical (unpaired) electrons. The Kier molecular flexibility index (Phi) is 7.94. The molecule has 0 saturated carbocycles. The Bertz CT molecular complexity index is 947. The van der Waals surface area contributed by atoms with Crippen molar-refractivity contribution >= 4 is 29.7 Å². The number of carbonyl (C=O) groups is 3. The Morgan fingerprint density at radius 1 is 1.15 bits per heavy atom. The molecule has 1 saturated heterocycles. The fourth-order valence-electron chi connectivity index (χ4n) is 3.94. The molecule has 178 valence electrons. The van der Waals surface area contributed by atoms with Crippen LogP contribution in [0.15, 0.2) is 24.3 Å². The van der Waals surface area contributed by atoms with E-state index in [0.29, 0.717) is 25.6 Å². The lowest BCUT2D eigenvalue weighted by atomic mass is 9.86. The number of rotatable bonds is 6. The number of fused-ring (bicyclic) bond motifs is 3. The molecule has 1 fully saturated rings. The monoisotopic (exact) mass is 460 g/mol. The number of hydrogen-bond donors (Lipinski definition) is 2. The SMILES string of the molecule is CCOC(=O)N(C)C1CCN(CC2=Cc3c2ccc2c3OCO2)CC1.O=C(O)C=CC(=O)O. The van der Waals surface area contributed by atoms with Crippen molar-refractivity contribution < 1.29 is 38.8 Å². The number of amides is 1. The van der Waals surface area contributed by atoms with Crippen molar-refractivity contribution in [2.24, 2.45) is 0 Å². The van der Waals surface area contributed by atoms with Gasteiger partial charge >= 0.3 is 18.0 Å². The number of aliphatic carboxylic acids is 2. The Balaban J connectivity index is 0.000000331. The van der Waals surface area contributed by atoms with Crippen molar-refractivity contribution in [3.63, 3.8) is 0 Å². The van der Waals surface area contributed by atoms with Crippen LogP contribution in [0, 0.1) is 0 Å². The summed E-state index contributed by atoms with van der Waals surface area (Å²) in [6.07, 6.45) is 5.07. The van der Waals surface area contributed by atoms with Gasteiger partial charge in [0.2, 0.25) is 6.79 Å². The second kappa shape index (κ2) is 10.9. The lowest BCUT2D eigenvalue weighted by Crippen LogP contribution is -2.46. The molecule has 0 spiro atoms. The number of benzene rings is 1. The van der Waals surface area contributed by atoms with E-state index in [9.17, 15) is 14.4 Å². The van der Waals surface area contributed by atoms with Gasteiger partial charge in [-0.1, -0.05) is 6.07 Å². The molecule has 2 N–H and O–H groups in total. The third-order valence-electron chi connectivity index (χ3n) is 5.67. The van der Waals surface area contributed by atoms with Gasteiger partial charge in [0.1, 0.15) is 0 Å². The van der Waals surface area contributed by atoms with E-state index in [0.717, 1.165) is 44.0 Å². The van der Waals surface area contributed by atoms with Crippen molar-refractivity contribution in [3.8, 4) is 11.5 Å². The van der Waals surface area contributed by atoms with Crippen LogP contribution in [0.2, 0.25) is 0 Å². The van der Waals surface area contributed by atoms with Gasteiger partial charge < -0.3 is 29.3 Å². The predicted molar refractivity (Wildman–Crippen MR) is 119 cm³/mol. The highest BCUT2D eigenvalue weighted by Crippen LogP contribution is 2.46. The zero-order valence-electron chi connectivity index (χ0n) is 18.7. The first-order chi connectivity index (χ1) is 15.8. The quantitative estimate of drug-likeness (QED) is 0.616. The first-order valence-corrected chi connectivity index (χ1v) is 10.7. The summed E-state index contributed by atoms with van der Waals surface area (Å²) in [5.74, 6) is -0.785. The van der Waals surface area contributed by atoms with Crippen LogP contribution < -0.4 is 9.47 Å². The summed E-state index contributed by atoms with van der Waals surface area (Å²) in [4.78, 5) is 35.2. The Morgan fingerprint density at radius 2 is 1.82 bits per heavy atom. The fraction of sp³-hybridized carbons (Fsp3) is 0.435. The molecule has 33 heavy (non-hydrogen) atoms. The summed E-state index contributed by atoms with van der Waals surface area (Å²) in [5, 5.41) is 15.6. The average molecular weight is 460 g/mol. The minimum atomic E-state index is -1.26. The molecule has 1 aromatic rings. The first kappa shape index (κ1) is 24.1. The highest BCUT2D eigenvalue weighted by Gasteiger charge is 2.30. The number of nitrogens with zero attached hydrogens (tertiary/aromatic N) is 2. The van der Waals surface area contributed by atoms with Gasteiger partial charge in [-0.25, -0.2) is 14.4 Å². The molecule has 0 atom stereocenters. The fourth-order valence-corrected chi connectivity index (χ4v) is 3.94. The molecule has 0 aromatic heterocycles. The summed E-state index contributed by atoms with van der Waals surface area (Å²) in [6.45, 7) is 5.51. The van der Waals surface area contributed by atoms with Gasteiger partial charge in [0, 0.05) is 50.4 Å². The minimum Gasteiger partial charge on any atom is -0.478 e. The summed E-state index contributed by atoms with van der Waals surface area (Å²) >= 11 is 0. The van der Waals surface area contributed by atoms with E-state index in [1.54, 1.807) is 4.90 Å². The zero-order valence-corrected chi connectivity index (χ0v) is 18.7. The maximum atomic E-state index is 11.8. The topological polar surface area (TPSA) is 126 Å². The van der Waals surface area contributed by atoms with Crippen molar-refractivity contribution in [2.45, 2.75) is 25.8 Å². The largest absolute Gasteiger partial charge is 0.478 e. The third kappa shape index (κ3) is 6.04. The Hall–Kier alpha value is -3.53. The summed E-state index contributed by atoms with van der Waals surface area (Å²) in [7, 11) is 1.84. The van der Waals surface area contributed by atoms with Gasteiger partial charge in [0.25, 0.3) is 0 Å². The summed E-state index contributed by atoms with van der Waals surface area (Å²) < 4.78 is 16.1. The van der Waals surface area contributed by atoms with Crippen LogP contribution in [0.4, 0.5) is 4.79 Å². The van der Waals surface area contributed by atoms with E-state index in [4.69, 9.17) is 24.4 Å². The number of likely N-dealkylation sites (tertiary alicyclic amines) is 1. The highest BCUT2D eigenvalue weighted by atomic mass is 16.7. The second-order valence-electron chi connectivity index (χ2n) is 7.76. The highest BCUT2D eigenvalue weighted by molar-refractivity contribution is 5.99. The Morgan fingerprint density at radius 3 is 2.42 bits per heavy atom. The molecule has 1 aliphatic carbocycles. The van der Waals surface area contributed by atoms with E-state index in [1.807, 2.05) is 20.0 Å². The molecular weight excluding hydrogens is 432 g/mol. The van der Waals surface area contributed by atoms with E-state index in [2.05, 4.69) is 17.0 Å². The number of carboxylic acids is 2. The smallest absolute Gasteiger partial charge is 0.409 e. The summed E-state index contributed by atoms with van der Waals surface area (Å²) in [6, 6.07) is 4.39. The standard InChI is InChI=1S/C19H24N2O4.C4H4O4/c1-3-23-19(22)20(2)14-6-8-21(9-7-14)11-13-10-16-15(13)4-5-17-18(16)25-12-24-17;5-3(6)1-2-4(7)8/h4-5,10,14H,3,6-9,11-12H2,1-2H3;1-2H,(H,5,6)(H,7,8). The van der Waals surface area contributed by atoms with Crippen LogP contribution in [-0.4, -0.2) is 84.2 Å². The molecule has 1 aromatic carbocycles. The molecule has 1 amide bonds. The van der Waals surface area contributed by atoms with Crippen LogP contribution in [0.3, 0.4) is 0 Å². The predicted octanol–water partition coefficient (Wildman–Crippen LogP) is 2.53. The molecule has 0 unspecified atom stereocenters. The van der Waals surface area contributed by atoms with Gasteiger partial charge in [-0.15, -0.1) is 0 Å². The molecule has 2 heterocycles.